The third-order valence-electron chi connectivity index (χ3n) is 3.40. The summed E-state index contributed by atoms with van der Waals surface area (Å²) in [4.78, 5) is 14.3. The minimum atomic E-state index is 0.00327. The summed E-state index contributed by atoms with van der Waals surface area (Å²) in [5, 5.41) is 2.93. The Morgan fingerprint density at radius 3 is 2.83 bits per heavy atom. The Morgan fingerprint density at radius 1 is 1.44 bits per heavy atom. The van der Waals surface area contributed by atoms with E-state index in [1.54, 1.807) is 11.3 Å². The van der Waals surface area contributed by atoms with E-state index in [1.165, 1.54) is 23.3 Å². The minimum absolute atomic E-state index is 0.00327. The van der Waals surface area contributed by atoms with E-state index in [0.717, 1.165) is 17.7 Å². The lowest BCUT2D eigenvalue weighted by atomic mass is 9.99. The Hall–Kier alpha value is -0.540. The van der Waals surface area contributed by atoms with Crippen LogP contribution in [0.3, 0.4) is 0 Å². The number of carbonyl (C=O) groups is 1. The highest BCUT2D eigenvalue weighted by molar-refractivity contribution is 7.14. The molecule has 18 heavy (non-hydrogen) atoms. The zero-order valence-electron chi connectivity index (χ0n) is 11.0. The fourth-order valence-corrected chi connectivity index (χ4v) is 3.36. The van der Waals surface area contributed by atoms with Crippen LogP contribution in [0.1, 0.15) is 46.8 Å². The van der Waals surface area contributed by atoms with Crippen molar-refractivity contribution in [3.63, 3.8) is 0 Å². The third-order valence-corrected chi connectivity index (χ3v) is 5.30. The molecule has 0 aromatic carbocycles. The number of fused-ring (bicyclic) bond motifs is 1. The van der Waals surface area contributed by atoms with Crippen LogP contribution in [0.2, 0.25) is 0 Å². The predicted molar refractivity (Wildman–Crippen MR) is 77.8 cm³/mol. The number of nitrogens with one attached hydrogen (secondary N) is 1. The number of thiophene rings is 1. The van der Waals surface area contributed by atoms with Crippen molar-refractivity contribution in [3.05, 3.63) is 21.4 Å². The summed E-state index contributed by atoms with van der Waals surface area (Å²) in [7, 11) is 0. The summed E-state index contributed by atoms with van der Waals surface area (Å²) < 4.78 is 0. The Morgan fingerprint density at radius 2 is 2.17 bits per heavy atom. The predicted octanol–water partition coefficient (Wildman–Crippen LogP) is 3.62. The van der Waals surface area contributed by atoms with Crippen LogP contribution in [0.25, 0.3) is 0 Å². The third kappa shape index (κ3) is 3.27. The quantitative estimate of drug-likeness (QED) is 0.841. The molecule has 0 saturated heterocycles. The summed E-state index contributed by atoms with van der Waals surface area (Å²) >= 11 is 7.79. The smallest absolute Gasteiger partial charge is 0.261 e. The molecule has 1 aromatic heterocycles. The second-order valence-electron chi connectivity index (χ2n) is 5.24. The van der Waals surface area contributed by atoms with Gasteiger partial charge in [-0.3, -0.25) is 4.79 Å². The number of alkyl halides is 1. The van der Waals surface area contributed by atoms with E-state index in [-0.39, 0.29) is 11.3 Å². The van der Waals surface area contributed by atoms with Gasteiger partial charge in [0.2, 0.25) is 0 Å². The number of rotatable bonds is 4. The lowest BCUT2D eigenvalue weighted by Gasteiger charge is -2.13. The van der Waals surface area contributed by atoms with E-state index in [4.69, 9.17) is 11.6 Å². The average Bonchev–Trinajstić information content (AvgIpc) is 2.79. The van der Waals surface area contributed by atoms with Gasteiger partial charge in [0, 0.05) is 11.4 Å². The molecule has 1 heterocycles. The Kier molecular flexibility index (Phi) is 4.68. The molecular formula is C14H20ClNOS. The summed E-state index contributed by atoms with van der Waals surface area (Å²) in [6.45, 7) is 4.67. The van der Waals surface area contributed by atoms with E-state index < -0.39 is 0 Å². The van der Waals surface area contributed by atoms with Crippen LogP contribution in [0.15, 0.2) is 6.07 Å². The van der Waals surface area contributed by atoms with E-state index in [0.29, 0.717) is 12.5 Å². The van der Waals surface area contributed by atoms with Crippen molar-refractivity contribution >= 4 is 28.8 Å². The zero-order chi connectivity index (χ0) is 13.1. The molecule has 2 nitrogen and oxygen atoms in total. The number of amides is 1. The zero-order valence-corrected chi connectivity index (χ0v) is 12.5. The summed E-state index contributed by atoms with van der Waals surface area (Å²) in [5.74, 6) is 0.407. The van der Waals surface area contributed by atoms with Gasteiger partial charge in [0.05, 0.1) is 10.3 Å². The van der Waals surface area contributed by atoms with Gasteiger partial charge in [0.1, 0.15) is 0 Å². The monoisotopic (exact) mass is 285 g/mol. The van der Waals surface area contributed by atoms with Crippen LogP contribution in [-0.2, 0) is 12.8 Å². The van der Waals surface area contributed by atoms with Gasteiger partial charge < -0.3 is 5.32 Å². The molecule has 0 fully saturated rings. The van der Waals surface area contributed by atoms with Crippen molar-refractivity contribution in [1.82, 2.24) is 5.32 Å². The van der Waals surface area contributed by atoms with Crippen molar-refractivity contribution in [1.29, 1.82) is 0 Å². The highest BCUT2D eigenvalue weighted by Gasteiger charge is 2.18. The van der Waals surface area contributed by atoms with Crippen molar-refractivity contribution in [2.24, 2.45) is 5.92 Å². The van der Waals surface area contributed by atoms with Crippen LogP contribution in [0.4, 0.5) is 0 Å². The number of aryl methyl sites for hydroxylation is 2. The van der Waals surface area contributed by atoms with Crippen molar-refractivity contribution in [2.75, 3.05) is 6.54 Å². The molecule has 1 amide bonds. The summed E-state index contributed by atoms with van der Waals surface area (Å²) in [6, 6.07) is 2.06. The molecule has 4 heteroatoms. The van der Waals surface area contributed by atoms with Crippen LogP contribution in [0.5, 0.6) is 0 Å². The first-order valence-electron chi connectivity index (χ1n) is 6.61. The first-order valence-corrected chi connectivity index (χ1v) is 7.87. The van der Waals surface area contributed by atoms with Gasteiger partial charge >= 0.3 is 0 Å². The molecule has 1 atom stereocenters. The SMILES string of the molecule is CC(C)C(Cl)CNC(=O)c1cc2c(s1)CCCC2. The number of hydrogen-bond donors (Lipinski definition) is 1. The first kappa shape index (κ1) is 13.9. The molecule has 1 aliphatic rings. The van der Waals surface area contributed by atoms with E-state index >= 15 is 0 Å². The minimum Gasteiger partial charge on any atom is -0.350 e. The molecular weight excluding hydrogens is 266 g/mol. The molecule has 1 unspecified atom stereocenters. The van der Waals surface area contributed by atoms with Crippen LogP contribution in [-0.4, -0.2) is 17.8 Å². The van der Waals surface area contributed by atoms with Gasteiger partial charge in [0.25, 0.3) is 5.91 Å². The standard InChI is InChI=1S/C14H20ClNOS/c1-9(2)11(15)8-16-14(17)13-7-10-5-3-4-6-12(10)18-13/h7,9,11H,3-6,8H2,1-2H3,(H,16,17). The topological polar surface area (TPSA) is 29.1 Å². The maximum Gasteiger partial charge on any atom is 0.261 e. The molecule has 1 aromatic rings. The highest BCUT2D eigenvalue weighted by atomic mass is 35.5. The molecule has 0 saturated carbocycles. The van der Waals surface area contributed by atoms with Gasteiger partial charge in [-0.1, -0.05) is 13.8 Å². The van der Waals surface area contributed by atoms with Gasteiger partial charge in [-0.15, -0.1) is 22.9 Å². The van der Waals surface area contributed by atoms with Crippen LogP contribution in [0, 0.1) is 5.92 Å². The van der Waals surface area contributed by atoms with Gasteiger partial charge in [-0.05, 0) is 43.2 Å². The lowest BCUT2D eigenvalue weighted by molar-refractivity contribution is 0.0956. The molecule has 100 valence electrons. The van der Waals surface area contributed by atoms with Gasteiger partial charge in [0.15, 0.2) is 0 Å². The van der Waals surface area contributed by atoms with Crippen molar-refractivity contribution < 1.29 is 4.79 Å². The number of carbonyl (C=O) groups excluding carboxylic acids is 1. The molecule has 1 N–H and O–H groups in total. The highest BCUT2D eigenvalue weighted by Crippen LogP contribution is 2.29. The van der Waals surface area contributed by atoms with Crippen LogP contribution < -0.4 is 5.32 Å². The summed E-state index contributed by atoms with van der Waals surface area (Å²) in [6.07, 6.45) is 4.77. The second-order valence-corrected chi connectivity index (χ2v) is 6.93. The Balaban J connectivity index is 1.95. The maximum absolute atomic E-state index is 12.0. The summed E-state index contributed by atoms with van der Waals surface area (Å²) in [5.41, 5.74) is 1.38. The van der Waals surface area contributed by atoms with Crippen LogP contribution >= 0.6 is 22.9 Å². The Labute approximate surface area is 118 Å². The Bertz CT molecular complexity index is 404. The second kappa shape index (κ2) is 6.07. The first-order chi connectivity index (χ1) is 8.58. The molecule has 0 radical (unpaired) electrons. The molecule has 1 aliphatic carbocycles. The normalized spacial score (nSPS) is 16.4. The van der Waals surface area contributed by atoms with Crippen molar-refractivity contribution in [2.45, 2.75) is 44.9 Å². The number of halogens is 1. The maximum atomic E-state index is 12.0. The van der Waals surface area contributed by atoms with Gasteiger partial charge in [-0.2, -0.15) is 0 Å². The van der Waals surface area contributed by atoms with Gasteiger partial charge in [-0.25, -0.2) is 0 Å². The molecule has 0 spiro atoms. The fourth-order valence-electron chi connectivity index (χ4n) is 2.12. The molecule has 2 rings (SSSR count). The number of hydrogen-bond acceptors (Lipinski definition) is 2. The van der Waals surface area contributed by atoms with Crippen molar-refractivity contribution in [3.8, 4) is 0 Å². The fraction of sp³-hybridized carbons (Fsp3) is 0.643. The van der Waals surface area contributed by atoms with E-state index in [2.05, 4.69) is 25.2 Å². The lowest BCUT2D eigenvalue weighted by Crippen LogP contribution is -2.31. The molecule has 0 aliphatic heterocycles. The van der Waals surface area contributed by atoms with E-state index in [1.807, 2.05) is 0 Å². The largest absolute Gasteiger partial charge is 0.350 e. The average molecular weight is 286 g/mol. The molecule has 0 bridgehead atoms. The van der Waals surface area contributed by atoms with E-state index in [9.17, 15) is 4.79 Å².